The van der Waals surface area contributed by atoms with E-state index in [4.69, 9.17) is 10.2 Å². The highest BCUT2D eigenvalue weighted by Crippen LogP contribution is 2.33. The van der Waals surface area contributed by atoms with E-state index in [1.54, 1.807) is 6.20 Å². The molecule has 0 saturated heterocycles. The number of hydrogen-bond donors (Lipinski definition) is 2. The smallest absolute Gasteiger partial charge is 0.155 e. The highest BCUT2D eigenvalue weighted by molar-refractivity contribution is 9.10. The summed E-state index contributed by atoms with van der Waals surface area (Å²) in [5, 5.41) is 7.71. The molecule has 2 heterocycles. The Labute approximate surface area is 99.6 Å². The molecule has 0 bridgehead atoms. The van der Waals surface area contributed by atoms with Crippen LogP contribution in [0.2, 0.25) is 0 Å². The Morgan fingerprint density at radius 2 is 2.25 bits per heavy atom. The molecule has 3 aromatic rings. The van der Waals surface area contributed by atoms with Gasteiger partial charge in [-0.05, 0) is 18.2 Å². The van der Waals surface area contributed by atoms with Crippen molar-refractivity contribution in [2.24, 2.45) is 0 Å². The van der Waals surface area contributed by atoms with Crippen LogP contribution in [0.15, 0.2) is 39.4 Å². The van der Waals surface area contributed by atoms with Crippen molar-refractivity contribution in [2.45, 2.75) is 0 Å². The molecule has 0 spiro atoms. The lowest BCUT2D eigenvalue weighted by Gasteiger charge is -1.91. The topological polar surface area (TPSA) is 67.8 Å². The van der Waals surface area contributed by atoms with E-state index in [2.05, 4.69) is 26.1 Å². The fourth-order valence-electron chi connectivity index (χ4n) is 1.64. The highest BCUT2D eigenvalue weighted by atomic mass is 79.9. The first-order valence-corrected chi connectivity index (χ1v) is 5.52. The minimum absolute atomic E-state index is 0.579. The number of nitrogen functional groups attached to an aromatic ring is 1. The summed E-state index contributed by atoms with van der Waals surface area (Å²) in [6.45, 7) is 0. The third kappa shape index (κ3) is 1.32. The van der Waals surface area contributed by atoms with Gasteiger partial charge in [0.1, 0.15) is 11.3 Å². The zero-order chi connectivity index (χ0) is 11.1. The minimum Gasteiger partial charge on any atom is -0.454 e. The summed E-state index contributed by atoms with van der Waals surface area (Å²) in [7, 11) is 0. The summed E-state index contributed by atoms with van der Waals surface area (Å²) >= 11 is 3.47. The van der Waals surface area contributed by atoms with E-state index in [9.17, 15) is 0 Å². The van der Waals surface area contributed by atoms with Gasteiger partial charge >= 0.3 is 0 Å². The molecule has 80 valence electrons. The largest absolute Gasteiger partial charge is 0.454 e. The molecule has 0 aliphatic rings. The molecule has 0 radical (unpaired) electrons. The molecule has 0 amide bonds. The molecule has 0 aliphatic carbocycles. The van der Waals surface area contributed by atoms with Crippen LogP contribution in [0.4, 0.5) is 5.69 Å². The standard InChI is InChI=1S/C11H8BrN3O/c12-7-2-1-3-9-6(7)4-10(16-9)11-8(13)5-14-15-11/h1-5H,13H2,(H,14,15). The predicted molar refractivity (Wildman–Crippen MR) is 65.9 cm³/mol. The SMILES string of the molecule is Nc1cn[nH]c1-c1cc2c(Br)cccc2o1. The Morgan fingerprint density at radius 1 is 1.38 bits per heavy atom. The number of nitrogens with zero attached hydrogens (tertiary/aromatic N) is 1. The van der Waals surface area contributed by atoms with Crippen molar-refractivity contribution < 1.29 is 4.42 Å². The Hall–Kier alpha value is -1.75. The quantitative estimate of drug-likeness (QED) is 0.718. The Bertz CT molecular complexity index is 656. The van der Waals surface area contributed by atoms with Crippen molar-refractivity contribution in [3.8, 4) is 11.5 Å². The van der Waals surface area contributed by atoms with E-state index in [0.717, 1.165) is 15.4 Å². The van der Waals surface area contributed by atoms with Gasteiger partial charge in [0, 0.05) is 9.86 Å². The van der Waals surface area contributed by atoms with Crippen LogP contribution in [0.1, 0.15) is 0 Å². The second-order valence-electron chi connectivity index (χ2n) is 3.46. The number of benzene rings is 1. The maximum Gasteiger partial charge on any atom is 0.155 e. The average Bonchev–Trinajstić information content (AvgIpc) is 2.84. The molecule has 0 saturated carbocycles. The summed E-state index contributed by atoms with van der Waals surface area (Å²) in [5.41, 5.74) is 7.88. The summed E-state index contributed by atoms with van der Waals surface area (Å²) in [6, 6.07) is 7.74. The number of halogens is 1. The maximum absolute atomic E-state index is 5.77. The van der Waals surface area contributed by atoms with E-state index in [0.29, 0.717) is 17.1 Å². The monoisotopic (exact) mass is 277 g/mol. The highest BCUT2D eigenvalue weighted by Gasteiger charge is 2.11. The number of H-pyrrole nitrogens is 1. The summed E-state index contributed by atoms with van der Waals surface area (Å²) in [4.78, 5) is 0. The molecule has 4 nitrogen and oxygen atoms in total. The van der Waals surface area contributed by atoms with Crippen LogP contribution in [-0.4, -0.2) is 10.2 Å². The number of furan rings is 1. The number of hydrogen-bond acceptors (Lipinski definition) is 3. The van der Waals surface area contributed by atoms with Crippen molar-refractivity contribution in [1.29, 1.82) is 0 Å². The van der Waals surface area contributed by atoms with Crippen LogP contribution in [0.5, 0.6) is 0 Å². The minimum atomic E-state index is 0.579. The molecule has 0 unspecified atom stereocenters. The van der Waals surface area contributed by atoms with Crippen LogP contribution >= 0.6 is 15.9 Å². The average molecular weight is 278 g/mol. The van der Waals surface area contributed by atoms with Gasteiger partial charge in [0.25, 0.3) is 0 Å². The lowest BCUT2D eigenvalue weighted by molar-refractivity contribution is 0.628. The molecule has 3 N–H and O–H groups in total. The fourth-order valence-corrected chi connectivity index (χ4v) is 2.10. The Kier molecular flexibility index (Phi) is 2.00. The number of anilines is 1. The summed E-state index contributed by atoms with van der Waals surface area (Å²) in [6.07, 6.45) is 1.57. The van der Waals surface area contributed by atoms with Gasteiger partial charge in [0.05, 0.1) is 11.9 Å². The zero-order valence-corrected chi connectivity index (χ0v) is 9.78. The van der Waals surface area contributed by atoms with Gasteiger partial charge in [-0.2, -0.15) is 5.10 Å². The second kappa shape index (κ2) is 3.38. The lowest BCUT2D eigenvalue weighted by atomic mass is 10.2. The third-order valence-corrected chi connectivity index (χ3v) is 3.11. The summed E-state index contributed by atoms with van der Waals surface area (Å²) in [5.74, 6) is 0.692. The summed E-state index contributed by atoms with van der Waals surface area (Å²) < 4.78 is 6.69. The van der Waals surface area contributed by atoms with Crippen molar-refractivity contribution >= 4 is 32.6 Å². The molecule has 0 atom stereocenters. The lowest BCUT2D eigenvalue weighted by Crippen LogP contribution is -1.84. The molecule has 5 heteroatoms. The van der Waals surface area contributed by atoms with Crippen molar-refractivity contribution in [3.05, 3.63) is 34.9 Å². The second-order valence-corrected chi connectivity index (χ2v) is 4.32. The van der Waals surface area contributed by atoms with Gasteiger partial charge in [-0.1, -0.05) is 22.0 Å². The van der Waals surface area contributed by atoms with E-state index < -0.39 is 0 Å². The van der Waals surface area contributed by atoms with E-state index in [-0.39, 0.29) is 0 Å². The number of fused-ring (bicyclic) bond motifs is 1. The van der Waals surface area contributed by atoms with Crippen molar-refractivity contribution in [2.75, 3.05) is 5.73 Å². The van der Waals surface area contributed by atoms with Crippen LogP contribution < -0.4 is 5.73 Å². The molecular weight excluding hydrogens is 270 g/mol. The van der Waals surface area contributed by atoms with Gasteiger partial charge in [-0.25, -0.2) is 0 Å². The molecule has 0 aliphatic heterocycles. The number of nitrogens with one attached hydrogen (secondary N) is 1. The van der Waals surface area contributed by atoms with Crippen LogP contribution in [0, 0.1) is 0 Å². The molecule has 0 fully saturated rings. The number of aromatic amines is 1. The normalized spacial score (nSPS) is 11.1. The van der Waals surface area contributed by atoms with Crippen molar-refractivity contribution in [1.82, 2.24) is 10.2 Å². The third-order valence-electron chi connectivity index (χ3n) is 2.42. The maximum atomic E-state index is 5.77. The Morgan fingerprint density at radius 3 is 2.94 bits per heavy atom. The zero-order valence-electron chi connectivity index (χ0n) is 8.20. The molecule has 2 aromatic heterocycles. The first-order chi connectivity index (χ1) is 7.75. The molecule has 16 heavy (non-hydrogen) atoms. The van der Waals surface area contributed by atoms with Gasteiger partial charge in [0.15, 0.2) is 5.76 Å². The van der Waals surface area contributed by atoms with E-state index in [1.165, 1.54) is 0 Å². The van der Waals surface area contributed by atoms with Crippen LogP contribution in [0.3, 0.4) is 0 Å². The predicted octanol–water partition coefficient (Wildman–Crippen LogP) is 3.17. The first kappa shape index (κ1) is 9.47. The van der Waals surface area contributed by atoms with Crippen LogP contribution in [0.25, 0.3) is 22.4 Å². The fraction of sp³-hybridized carbons (Fsp3) is 0. The first-order valence-electron chi connectivity index (χ1n) is 4.73. The molecule has 3 rings (SSSR count). The molecular formula is C11H8BrN3O. The Balaban J connectivity index is 2.27. The van der Waals surface area contributed by atoms with E-state index >= 15 is 0 Å². The van der Waals surface area contributed by atoms with Crippen molar-refractivity contribution in [3.63, 3.8) is 0 Å². The van der Waals surface area contributed by atoms with Gasteiger partial charge in [0.2, 0.25) is 0 Å². The number of aromatic nitrogens is 2. The number of rotatable bonds is 1. The molecule has 1 aromatic carbocycles. The van der Waals surface area contributed by atoms with E-state index in [1.807, 2.05) is 24.3 Å². The van der Waals surface area contributed by atoms with Crippen LogP contribution in [-0.2, 0) is 0 Å². The number of nitrogens with two attached hydrogens (primary N) is 1. The van der Waals surface area contributed by atoms with Gasteiger partial charge in [-0.15, -0.1) is 0 Å². The van der Waals surface area contributed by atoms with Gasteiger partial charge < -0.3 is 10.2 Å². The van der Waals surface area contributed by atoms with Gasteiger partial charge in [-0.3, -0.25) is 5.10 Å².